The summed E-state index contributed by atoms with van der Waals surface area (Å²) in [5.74, 6) is 0.291. The molecule has 0 aromatic heterocycles. The average Bonchev–Trinajstić information content (AvgIpc) is 2.21. The summed E-state index contributed by atoms with van der Waals surface area (Å²) in [6.45, 7) is 8.04. The van der Waals surface area contributed by atoms with E-state index in [4.69, 9.17) is 10.9 Å². The van der Waals surface area contributed by atoms with Crippen LogP contribution in [-0.2, 0) is 0 Å². The SMILES string of the molecule is CCCCCCN(CC(N)=NO)C(C)C. The monoisotopic (exact) mass is 215 g/mol. The van der Waals surface area contributed by atoms with E-state index >= 15 is 0 Å². The van der Waals surface area contributed by atoms with E-state index in [9.17, 15) is 0 Å². The summed E-state index contributed by atoms with van der Waals surface area (Å²) >= 11 is 0. The van der Waals surface area contributed by atoms with Gasteiger partial charge in [-0.25, -0.2) is 0 Å². The molecule has 4 nitrogen and oxygen atoms in total. The number of unbranched alkanes of at least 4 members (excludes halogenated alkanes) is 3. The van der Waals surface area contributed by atoms with Gasteiger partial charge in [-0.1, -0.05) is 31.3 Å². The van der Waals surface area contributed by atoms with E-state index in [1.165, 1.54) is 25.7 Å². The summed E-state index contributed by atoms with van der Waals surface area (Å²) in [6, 6.07) is 0.437. The Balaban J connectivity index is 3.84. The predicted octanol–water partition coefficient (Wildman–Crippen LogP) is 2.02. The highest BCUT2D eigenvalue weighted by molar-refractivity contribution is 5.81. The van der Waals surface area contributed by atoms with E-state index in [2.05, 4.69) is 30.8 Å². The highest BCUT2D eigenvalue weighted by Gasteiger charge is 2.10. The minimum absolute atomic E-state index is 0.291. The fourth-order valence-corrected chi connectivity index (χ4v) is 1.50. The van der Waals surface area contributed by atoms with Crippen molar-refractivity contribution in [3.05, 3.63) is 0 Å². The minimum atomic E-state index is 0.291. The lowest BCUT2D eigenvalue weighted by molar-refractivity contribution is 0.241. The molecule has 0 saturated heterocycles. The number of hydrogen-bond donors (Lipinski definition) is 2. The van der Waals surface area contributed by atoms with Crippen LogP contribution in [0.1, 0.15) is 46.5 Å². The molecule has 0 aromatic carbocycles. The van der Waals surface area contributed by atoms with E-state index in [1.807, 2.05) is 0 Å². The number of rotatable bonds is 8. The molecule has 0 aliphatic heterocycles. The smallest absolute Gasteiger partial charge is 0.153 e. The molecule has 15 heavy (non-hydrogen) atoms. The van der Waals surface area contributed by atoms with Crippen molar-refractivity contribution in [2.75, 3.05) is 13.1 Å². The zero-order valence-electron chi connectivity index (χ0n) is 10.2. The first kappa shape index (κ1) is 14.2. The van der Waals surface area contributed by atoms with Gasteiger partial charge in [-0.3, -0.25) is 4.90 Å². The summed E-state index contributed by atoms with van der Waals surface area (Å²) in [7, 11) is 0. The van der Waals surface area contributed by atoms with Gasteiger partial charge >= 0.3 is 0 Å². The molecule has 0 bridgehead atoms. The molecule has 90 valence electrons. The molecule has 0 fully saturated rings. The molecule has 0 amide bonds. The lowest BCUT2D eigenvalue weighted by Gasteiger charge is -2.25. The number of oxime groups is 1. The maximum absolute atomic E-state index is 8.51. The van der Waals surface area contributed by atoms with Crippen LogP contribution in [0, 0.1) is 0 Å². The third kappa shape index (κ3) is 7.19. The average molecular weight is 215 g/mol. The first-order valence-corrected chi connectivity index (χ1v) is 5.82. The number of nitrogens with two attached hydrogens (primary N) is 1. The van der Waals surface area contributed by atoms with Gasteiger partial charge in [0.1, 0.15) is 0 Å². The summed E-state index contributed by atoms with van der Waals surface area (Å²) in [5, 5.41) is 11.5. The summed E-state index contributed by atoms with van der Waals surface area (Å²) in [6.07, 6.45) is 4.98. The van der Waals surface area contributed by atoms with E-state index < -0.39 is 0 Å². The van der Waals surface area contributed by atoms with Crippen molar-refractivity contribution in [1.82, 2.24) is 4.90 Å². The van der Waals surface area contributed by atoms with Gasteiger partial charge in [0.25, 0.3) is 0 Å². The van der Waals surface area contributed by atoms with Crippen molar-refractivity contribution in [2.24, 2.45) is 10.9 Å². The van der Waals surface area contributed by atoms with Crippen molar-refractivity contribution in [3.63, 3.8) is 0 Å². The Morgan fingerprint density at radius 3 is 2.47 bits per heavy atom. The molecule has 3 N–H and O–H groups in total. The van der Waals surface area contributed by atoms with Gasteiger partial charge < -0.3 is 10.9 Å². The molecular formula is C11H25N3O. The Kier molecular flexibility index (Phi) is 8.09. The van der Waals surface area contributed by atoms with Crippen molar-refractivity contribution >= 4 is 5.84 Å². The van der Waals surface area contributed by atoms with E-state index in [1.54, 1.807) is 0 Å². The Morgan fingerprint density at radius 2 is 2.00 bits per heavy atom. The van der Waals surface area contributed by atoms with Crippen molar-refractivity contribution in [2.45, 2.75) is 52.5 Å². The molecule has 0 aliphatic rings. The summed E-state index contributed by atoms with van der Waals surface area (Å²) < 4.78 is 0. The standard InChI is InChI=1S/C11H25N3O/c1-4-5-6-7-8-14(10(2)3)9-11(12)13-15/h10,15H,4-9H2,1-3H3,(H2,12,13). The van der Waals surface area contributed by atoms with Crippen LogP contribution in [0.4, 0.5) is 0 Å². The van der Waals surface area contributed by atoms with Crippen molar-refractivity contribution in [3.8, 4) is 0 Å². The largest absolute Gasteiger partial charge is 0.409 e. The van der Waals surface area contributed by atoms with Crippen LogP contribution in [0.25, 0.3) is 0 Å². The topological polar surface area (TPSA) is 61.8 Å². The molecule has 0 aliphatic carbocycles. The quantitative estimate of drug-likeness (QED) is 0.214. The molecule has 0 rings (SSSR count). The van der Waals surface area contributed by atoms with Crippen LogP contribution in [0.5, 0.6) is 0 Å². The molecule has 0 radical (unpaired) electrons. The van der Waals surface area contributed by atoms with Gasteiger partial charge in [-0.2, -0.15) is 0 Å². The van der Waals surface area contributed by atoms with Crippen LogP contribution in [0.2, 0.25) is 0 Å². The van der Waals surface area contributed by atoms with Crippen LogP contribution in [0.15, 0.2) is 5.16 Å². The second-order valence-corrected chi connectivity index (χ2v) is 4.22. The highest BCUT2D eigenvalue weighted by Crippen LogP contribution is 2.04. The first-order valence-electron chi connectivity index (χ1n) is 5.82. The number of hydrogen-bond acceptors (Lipinski definition) is 3. The van der Waals surface area contributed by atoms with Gasteiger partial charge in [0, 0.05) is 6.04 Å². The second kappa shape index (κ2) is 8.53. The summed E-state index contributed by atoms with van der Waals surface area (Å²) in [5.41, 5.74) is 5.50. The summed E-state index contributed by atoms with van der Waals surface area (Å²) in [4.78, 5) is 2.23. The Bertz CT molecular complexity index is 181. The van der Waals surface area contributed by atoms with Gasteiger partial charge in [-0.05, 0) is 26.8 Å². The van der Waals surface area contributed by atoms with Crippen LogP contribution < -0.4 is 5.73 Å². The number of nitrogens with zero attached hydrogens (tertiary/aromatic N) is 2. The molecule has 0 spiro atoms. The van der Waals surface area contributed by atoms with Crippen molar-refractivity contribution in [1.29, 1.82) is 0 Å². The minimum Gasteiger partial charge on any atom is -0.409 e. The second-order valence-electron chi connectivity index (χ2n) is 4.22. The third-order valence-electron chi connectivity index (χ3n) is 2.52. The predicted molar refractivity (Wildman–Crippen MR) is 64.3 cm³/mol. The van der Waals surface area contributed by atoms with E-state index in [-0.39, 0.29) is 0 Å². The Hall–Kier alpha value is -0.770. The number of amidine groups is 1. The third-order valence-corrected chi connectivity index (χ3v) is 2.52. The zero-order chi connectivity index (χ0) is 11.7. The molecule has 0 unspecified atom stereocenters. The van der Waals surface area contributed by atoms with Gasteiger partial charge in [0.2, 0.25) is 0 Å². The zero-order valence-corrected chi connectivity index (χ0v) is 10.2. The molecule has 0 aromatic rings. The fraction of sp³-hybridized carbons (Fsp3) is 0.909. The molecule has 0 heterocycles. The van der Waals surface area contributed by atoms with E-state index in [0.29, 0.717) is 18.4 Å². The highest BCUT2D eigenvalue weighted by atomic mass is 16.4. The van der Waals surface area contributed by atoms with Crippen LogP contribution >= 0.6 is 0 Å². The molecule has 4 heteroatoms. The van der Waals surface area contributed by atoms with Gasteiger partial charge in [-0.15, -0.1) is 0 Å². The maximum Gasteiger partial charge on any atom is 0.153 e. The van der Waals surface area contributed by atoms with E-state index in [0.717, 1.165) is 6.54 Å². The fourth-order valence-electron chi connectivity index (χ4n) is 1.50. The van der Waals surface area contributed by atoms with Crippen LogP contribution in [0.3, 0.4) is 0 Å². The van der Waals surface area contributed by atoms with Crippen LogP contribution in [-0.4, -0.2) is 35.1 Å². The van der Waals surface area contributed by atoms with Gasteiger partial charge in [0.05, 0.1) is 6.54 Å². The first-order chi connectivity index (χ1) is 7.11. The van der Waals surface area contributed by atoms with Gasteiger partial charge in [0.15, 0.2) is 5.84 Å². The molecule has 0 atom stereocenters. The van der Waals surface area contributed by atoms with Crippen molar-refractivity contribution < 1.29 is 5.21 Å². The maximum atomic E-state index is 8.51. The normalized spacial score (nSPS) is 12.7. The molecular weight excluding hydrogens is 190 g/mol. The lowest BCUT2D eigenvalue weighted by atomic mass is 10.2. The Labute approximate surface area is 93.1 Å². The lowest BCUT2D eigenvalue weighted by Crippen LogP contribution is -2.39. The Morgan fingerprint density at radius 1 is 1.33 bits per heavy atom. The molecule has 0 saturated carbocycles.